The van der Waals surface area contributed by atoms with Crippen LogP contribution in [-0.4, -0.2) is 32.3 Å². The molecule has 3 rings (SSSR count). The number of amides is 1. The summed E-state index contributed by atoms with van der Waals surface area (Å²) in [5.41, 5.74) is 1.63. The van der Waals surface area contributed by atoms with E-state index in [0.717, 1.165) is 49.2 Å². The van der Waals surface area contributed by atoms with Crippen LogP contribution in [0, 0.1) is 0 Å². The molecule has 0 atom stereocenters. The first-order valence-corrected chi connectivity index (χ1v) is 11.8. The Bertz CT molecular complexity index is 867. The van der Waals surface area contributed by atoms with Crippen molar-refractivity contribution >= 4 is 33.0 Å². The molecule has 0 spiro atoms. The number of piperidine rings is 1. The Morgan fingerprint density at radius 1 is 1.11 bits per heavy atom. The van der Waals surface area contributed by atoms with Gasteiger partial charge in [0, 0.05) is 18.0 Å². The molecular formula is C20H26N2O3S2. The zero-order chi connectivity index (χ0) is 19.3. The summed E-state index contributed by atoms with van der Waals surface area (Å²) < 4.78 is 28.1. The van der Waals surface area contributed by atoms with Crippen LogP contribution in [-0.2, 0) is 27.7 Å². The SMILES string of the molecule is CCCc1ccc(S(=O)(=O)Nc2ccsc2CC(=O)N2CCCCC2)cc1. The fourth-order valence-corrected chi connectivity index (χ4v) is 5.27. The molecule has 1 aromatic carbocycles. The molecule has 0 unspecified atom stereocenters. The number of hydrogen-bond acceptors (Lipinski definition) is 4. The lowest BCUT2D eigenvalue weighted by Crippen LogP contribution is -2.36. The minimum absolute atomic E-state index is 0.0708. The predicted molar refractivity (Wildman–Crippen MR) is 110 cm³/mol. The average Bonchev–Trinajstić information content (AvgIpc) is 3.09. The zero-order valence-electron chi connectivity index (χ0n) is 15.6. The Morgan fingerprint density at radius 2 is 1.81 bits per heavy atom. The smallest absolute Gasteiger partial charge is 0.261 e. The van der Waals surface area contributed by atoms with Crippen molar-refractivity contribution in [3.63, 3.8) is 0 Å². The summed E-state index contributed by atoms with van der Waals surface area (Å²) in [5.74, 6) is 0.0708. The number of rotatable bonds is 7. The molecule has 1 saturated heterocycles. The Balaban J connectivity index is 1.70. The van der Waals surface area contributed by atoms with Crippen LogP contribution in [0.3, 0.4) is 0 Å². The number of hydrogen-bond donors (Lipinski definition) is 1. The molecule has 0 aliphatic carbocycles. The minimum Gasteiger partial charge on any atom is -0.342 e. The molecule has 1 aliphatic rings. The predicted octanol–water partition coefficient (Wildman–Crippen LogP) is 4.06. The van der Waals surface area contributed by atoms with Crippen molar-refractivity contribution in [1.82, 2.24) is 4.90 Å². The maximum atomic E-state index is 12.7. The van der Waals surface area contributed by atoms with Gasteiger partial charge in [-0.15, -0.1) is 11.3 Å². The number of sulfonamides is 1. The summed E-state index contributed by atoms with van der Waals surface area (Å²) in [4.78, 5) is 15.4. The van der Waals surface area contributed by atoms with Crippen LogP contribution < -0.4 is 4.72 Å². The molecule has 27 heavy (non-hydrogen) atoms. The summed E-state index contributed by atoms with van der Waals surface area (Å²) in [5, 5.41) is 1.82. The maximum Gasteiger partial charge on any atom is 0.261 e. The van der Waals surface area contributed by atoms with Crippen molar-refractivity contribution in [2.75, 3.05) is 17.8 Å². The van der Waals surface area contributed by atoms with Gasteiger partial charge in [0.05, 0.1) is 17.0 Å². The number of thiophene rings is 1. The van der Waals surface area contributed by atoms with E-state index in [0.29, 0.717) is 5.69 Å². The zero-order valence-corrected chi connectivity index (χ0v) is 17.2. The number of nitrogens with zero attached hydrogens (tertiary/aromatic N) is 1. The fourth-order valence-electron chi connectivity index (χ4n) is 3.29. The van der Waals surface area contributed by atoms with Gasteiger partial charge in [-0.2, -0.15) is 0 Å². The third kappa shape index (κ3) is 5.11. The molecular weight excluding hydrogens is 380 g/mol. The van der Waals surface area contributed by atoms with E-state index < -0.39 is 10.0 Å². The van der Waals surface area contributed by atoms with E-state index in [9.17, 15) is 13.2 Å². The largest absolute Gasteiger partial charge is 0.342 e. The van der Waals surface area contributed by atoms with Crippen LogP contribution in [0.4, 0.5) is 5.69 Å². The Morgan fingerprint density at radius 3 is 2.48 bits per heavy atom. The Hall–Kier alpha value is -1.86. The monoisotopic (exact) mass is 406 g/mol. The molecule has 0 bridgehead atoms. The van der Waals surface area contributed by atoms with Gasteiger partial charge >= 0.3 is 0 Å². The van der Waals surface area contributed by atoms with E-state index in [1.165, 1.54) is 17.8 Å². The van der Waals surface area contributed by atoms with E-state index in [-0.39, 0.29) is 17.2 Å². The molecule has 0 radical (unpaired) electrons. The molecule has 1 fully saturated rings. The molecule has 2 aromatic rings. The van der Waals surface area contributed by atoms with Gasteiger partial charge < -0.3 is 4.90 Å². The highest BCUT2D eigenvalue weighted by Gasteiger charge is 2.21. The highest BCUT2D eigenvalue weighted by Crippen LogP contribution is 2.27. The summed E-state index contributed by atoms with van der Waals surface area (Å²) in [7, 11) is -3.67. The molecule has 2 heterocycles. The lowest BCUT2D eigenvalue weighted by atomic mass is 10.1. The second kappa shape index (κ2) is 8.89. The van der Waals surface area contributed by atoms with Crippen molar-refractivity contribution in [2.24, 2.45) is 0 Å². The highest BCUT2D eigenvalue weighted by molar-refractivity contribution is 7.92. The van der Waals surface area contributed by atoms with Gasteiger partial charge in [0.2, 0.25) is 5.91 Å². The third-order valence-corrected chi connectivity index (χ3v) is 7.08. The molecule has 1 aromatic heterocycles. The Kier molecular flexibility index (Phi) is 6.55. The molecule has 1 amide bonds. The summed E-state index contributed by atoms with van der Waals surface area (Å²) in [6.45, 7) is 3.69. The molecule has 146 valence electrons. The maximum absolute atomic E-state index is 12.7. The Labute approximate surface area is 165 Å². The normalized spacial score (nSPS) is 14.9. The minimum atomic E-state index is -3.67. The number of carbonyl (C=O) groups is 1. The first-order chi connectivity index (χ1) is 13.0. The van der Waals surface area contributed by atoms with Crippen molar-refractivity contribution in [1.29, 1.82) is 0 Å². The number of carbonyl (C=O) groups excluding carboxylic acids is 1. The van der Waals surface area contributed by atoms with Gasteiger partial charge in [0.15, 0.2) is 0 Å². The van der Waals surface area contributed by atoms with Crippen molar-refractivity contribution < 1.29 is 13.2 Å². The van der Waals surface area contributed by atoms with Gasteiger partial charge in [-0.25, -0.2) is 8.42 Å². The molecule has 1 N–H and O–H groups in total. The van der Waals surface area contributed by atoms with Crippen LogP contribution in [0.25, 0.3) is 0 Å². The van der Waals surface area contributed by atoms with Crippen LogP contribution in [0.5, 0.6) is 0 Å². The third-order valence-electron chi connectivity index (χ3n) is 4.78. The molecule has 5 nitrogen and oxygen atoms in total. The second-order valence-corrected chi connectivity index (χ2v) is 9.56. The van der Waals surface area contributed by atoms with Crippen molar-refractivity contribution in [2.45, 2.75) is 50.3 Å². The van der Waals surface area contributed by atoms with Crippen molar-refractivity contribution in [3.8, 4) is 0 Å². The first kappa shape index (κ1) is 19.9. The van der Waals surface area contributed by atoms with Crippen molar-refractivity contribution in [3.05, 3.63) is 46.2 Å². The van der Waals surface area contributed by atoms with Crippen LogP contribution in [0.15, 0.2) is 40.6 Å². The summed E-state index contributed by atoms with van der Waals surface area (Å²) >= 11 is 1.41. The number of nitrogens with one attached hydrogen (secondary N) is 1. The number of benzene rings is 1. The fraction of sp³-hybridized carbons (Fsp3) is 0.450. The van der Waals surface area contributed by atoms with Gasteiger partial charge in [-0.1, -0.05) is 25.5 Å². The van der Waals surface area contributed by atoms with Crippen LogP contribution in [0.1, 0.15) is 43.0 Å². The standard InChI is InChI=1S/C20H26N2O3S2/c1-2-6-16-7-9-17(10-8-16)27(24,25)21-18-11-14-26-19(18)15-20(23)22-12-4-3-5-13-22/h7-11,14,21H,2-6,12-13,15H2,1H3. The lowest BCUT2D eigenvalue weighted by Gasteiger charge is -2.26. The van der Waals surface area contributed by atoms with Crippen LogP contribution in [0.2, 0.25) is 0 Å². The highest BCUT2D eigenvalue weighted by atomic mass is 32.2. The quantitative estimate of drug-likeness (QED) is 0.754. The second-order valence-electron chi connectivity index (χ2n) is 6.88. The van der Waals surface area contributed by atoms with Gasteiger partial charge in [-0.3, -0.25) is 9.52 Å². The summed E-state index contributed by atoms with van der Waals surface area (Å²) in [6, 6.07) is 8.71. The van der Waals surface area contributed by atoms with E-state index in [1.807, 2.05) is 22.4 Å². The lowest BCUT2D eigenvalue weighted by molar-refractivity contribution is -0.131. The van der Waals surface area contributed by atoms with E-state index in [2.05, 4.69) is 11.6 Å². The molecule has 1 aliphatic heterocycles. The molecule has 7 heteroatoms. The average molecular weight is 407 g/mol. The van der Waals surface area contributed by atoms with Gasteiger partial charge in [-0.05, 0) is 54.8 Å². The topological polar surface area (TPSA) is 66.5 Å². The van der Waals surface area contributed by atoms with E-state index in [4.69, 9.17) is 0 Å². The first-order valence-electron chi connectivity index (χ1n) is 9.45. The van der Waals surface area contributed by atoms with Gasteiger partial charge in [0.1, 0.15) is 0 Å². The van der Waals surface area contributed by atoms with E-state index >= 15 is 0 Å². The molecule has 0 saturated carbocycles. The van der Waals surface area contributed by atoms with E-state index in [1.54, 1.807) is 18.2 Å². The van der Waals surface area contributed by atoms with Gasteiger partial charge in [0.25, 0.3) is 10.0 Å². The number of aryl methyl sites for hydroxylation is 1. The number of likely N-dealkylation sites (tertiary alicyclic amines) is 1. The number of anilines is 1. The van der Waals surface area contributed by atoms with Crippen LogP contribution >= 0.6 is 11.3 Å². The summed E-state index contributed by atoms with van der Waals surface area (Å²) in [6.07, 6.45) is 5.46.